The molecule has 0 radical (unpaired) electrons. The van der Waals surface area contributed by atoms with Gasteiger partial charge in [-0.25, -0.2) is 4.98 Å². The number of carbonyl (C=O) groups is 2. The first kappa shape index (κ1) is 18.2. The standard InChI is InChI=1S/C19H24N4O3S/c1-11(24)20-9-15-4-5-17(26-15)16-10-27-19(22-16)23-18(25)8-12-6-13-2-3-14(7-12)21-13/h4-5,10,12-14,21H,2-3,6-9H2,1H3,(H,20,24)(H,22,23,25). The van der Waals surface area contributed by atoms with Crippen LogP contribution in [0.3, 0.4) is 0 Å². The van der Waals surface area contributed by atoms with Crippen molar-refractivity contribution in [3.05, 3.63) is 23.3 Å². The molecule has 2 amide bonds. The number of hydrogen-bond donors (Lipinski definition) is 3. The lowest BCUT2D eigenvalue weighted by molar-refractivity contribution is -0.119. The van der Waals surface area contributed by atoms with E-state index in [1.807, 2.05) is 17.5 Å². The number of amides is 2. The number of hydrogen-bond acceptors (Lipinski definition) is 6. The summed E-state index contributed by atoms with van der Waals surface area (Å²) in [6.07, 6.45) is 5.23. The lowest BCUT2D eigenvalue weighted by atomic mass is 9.89. The van der Waals surface area contributed by atoms with Gasteiger partial charge >= 0.3 is 0 Å². The maximum atomic E-state index is 12.4. The van der Waals surface area contributed by atoms with Crippen LogP contribution in [-0.4, -0.2) is 28.9 Å². The number of thiazole rings is 1. The normalized spacial score (nSPS) is 24.0. The number of fused-ring (bicyclic) bond motifs is 2. The van der Waals surface area contributed by atoms with Gasteiger partial charge < -0.3 is 20.4 Å². The lowest BCUT2D eigenvalue weighted by Crippen LogP contribution is -2.39. The van der Waals surface area contributed by atoms with Gasteiger partial charge in [-0.1, -0.05) is 0 Å². The zero-order valence-corrected chi connectivity index (χ0v) is 16.1. The van der Waals surface area contributed by atoms with Crippen molar-refractivity contribution < 1.29 is 14.0 Å². The van der Waals surface area contributed by atoms with Crippen LogP contribution in [0.5, 0.6) is 0 Å². The average molecular weight is 388 g/mol. The topological polar surface area (TPSA) is 96.3 Å². The van der Waals surface area contributed by atoms with Gasteiger partial charge in [0.2, 0.25) is 11.8 Å². The molecule has 0 aromatic carbocycles. The predicted octanol–water partition coefficient (Wildman–Crippen LogP) is 2.90. The molecule has 2 aliphatic rings. The van der Waals surface area contributed by atoms with E-state index in [9.17, 15) is 9.59 Å². The quantitative estimate of drug-likeness (QED) is 0.707. The molecule has 27 heavy (non-hydrogen) atoms. The summed E-state index contributed by atoms with van der Waals surface area (Å²) in [5.41, 5.74) is 0.685. The summed E-state index contributed by atoms with van der Waals surface area (Å²) in [7, 11) is 0. The summed E-state index contributed by atoms with van der Waals surface area (Å²) in [6, 6.07) is 4.83. The van der Waals surface area contributed by atoms with Gasteiger partial charge in [0.15, 0.2) is 10.9 Å². The van der Waals surface area contributed by atoms with Crippen LogP contribution in [0.15, 0.2) is 21.9 Å². The third-order valence-corrected chi connectivity index (χ3v) is 5.98. The van der Waals surface area contributed by atoms with Crippen LogP contribution in [0.2, 0.25) is 0 Å². The number of furan rings is 1. The SMILES string of the molecule is CC(=O)NCc1ccc(-c2csc(NC(=O)CC3CC4CCC(C3)N4)n2)o1. The van der Waals surface area contributed by atoms with Crippen molar-refractivity contribution >= 4 is 28.3 Å². The van der Waals surface area contributed by atoms with E-state index in [1.165, 1.54) is 31.1 Å². The van der Waals surface area contributed by atoms with Crippen LogP contribution in [-0.2, 0) is 16.1 Å². The molecule has 4 rings (SSSR count). The smallest absolute Gasteiger partial charge is 0.226 e. The van der Waals surface area contributed by atoms with Gasteiger partial charge in [0.1, 0.15) is 11.5 Å². The van der Waals surface area contributed by atoms with Gasteiger partial charge in [-0.15, -0.1) is 11.3 Å². The van der Waals surface area contributed by atoms with Gasteiger partial charge in [-0.05, 0) is 43.7 Å². The second-order valence-corrected chi connectivity index (χ2v) is 8.30. The Balaban J connectivity index is 1.31. The minimum atomic E-state index is -0.103. The second-order valence-electron chi connectivity index (χ2n) is 7.44. The molecule has 0 spiro atoms. The first-order chi connectivity index (χ1) is 13.0. The fraction of sp³-hybridized carbons (Fsp3) is 0.526. The molecule has 3 N–H and O–H groups in total. The van der Waals surface area contributed by atoms with Crippen molar-refractivity contribution in [2.75, 3.05) is 5.32 Å². The highest BCUT2D eigenvalue weighted by Crippen LogP contribution is 2.33. The Kier molecular flexibility index (Phi) is 5.27. The molecule has 4 heterocycles. The van der Waals surface area contributed by atoms with Crippen LogP contribution in [0.25, 0.3) is 11.5 Å². The van der Waals surface area contributed by atoms with Crippen LogP contribution in [0, 0.1) is 5.92 Å². The molecule has 2 bridgehead atoms. The zero-order valence-electron chi connectivity index (χ0n) is 15.3. The number of carbonyl (C=O) groups excluding carboxylic acids is 2. The first-order valence-electron chi connectivity index (χ1n) is 9.40. The van der Waals surface area contributed by atoms with E-state index in [0.29, 0.717) is 53.3 Å². The monoisotopic (exact) mass is 388 g/mol. The number of piperidine rings is 1. The fourth-order valence-electron chi connectivity index (χ4n) is 4.04. The Bertz CT molecular complexity index is 819. The minimum Gasteiger partial charge on any atom is -0.458 e. The summed E-state index contributed by atoms with van der Waals surface area (Å²) in [5.74, 6) is 1.69. The highest BCUT2D eigenvalue weighted by Gasteiger charge is 2.34. The number of nitrogens with one attached hydrogen (secondary N) is 3. The van der Waals surface area contributed by atoms with Crippen molar-refractivity contribution in [3.63, 3.8) is 0 Å². The average Bonchev–Trinajstić information content (AvgIpc) is 3.33. The summed E-state index contributed by atoms with van der Waals surface area (Å²) in [6.45, 7) is 1.81. The Labute approximate surface area is 161 Å². The molecule has 2 aromatic rings. The molecule has 2 fully saturated rings. The third kappa shape index (κ3) is 4.56. The van der Waals surface area contributed by atoms with Crippen molar-refractivity contribution in [1.82, 2.24) is 15.6 Å². The Morgan fingerprint density at radius 3 is 2.81 bits per heavy atom. The van der Waals surface area contributed by atoms with Gasteiger partial charge in [0.25, 0.3) is 0 Å². The van der Waals surface area contributed by atoms with Crippen molar-refractivity contribution in [3.8, 4) is 11.5 Å². The van der Waals surface area contributed by atoms with Gasteiger partial charge in [-0.2, -0.15) is 0 Å². The van der Waals surface area contributed by atoms with Gasteiger partial charge in [0.05, 0.1) is 6.54 Å². The van der Waals surface area contributed by atoms with E-state index in [4.69, 9.17) is 4.42 Å². The molecular formula is C19H24N4O3S. The third-order valence-electron chi connectivity index (χ3n) is 5.22. The summed E-state index contributed by atoms with van der Waals surface area (Å²) < 4.78 is 5.70. The highest BCUT2D eigenvalue weighted by molar-refractivity contribution is 7.14. The van der Waals surface area contributed by atoms with Crippen LogP contribution in [0.4, 0.5) is 5.13 Å². The highest BCUT2D eigenvalue weighted by atomic mass is 32.1. The molecule has 8 heteroatoms. The van der Waals surface area contributed by atoms with E-state index in [0.717, 1.165) is 12.8 Å². The predicted molar refractivity (Wildman–Crippen MR) is 103 cm³/mol. The van der Waals surface area contributed by atoms with Crippen LogP contribution < -0.4 is 16.0 Å². The van der Waals surface area contributed by atoms with E-state index in [1.54, 1.807) is 0 Å². The second kappa shape index (κ2) is 7.82. The Morgan fingerprint density at radius 2 is 2.07 bits per heavy atom. The number of aromatic nitrogens is 1. The molecule has 7 nitrogen and oxygen atoms in total. The Hall–Kier alpha value is -2.19. The zero-order chi connectivity index (χ0) is 18.8. The fourth-order valence-corrected chi connectivity index (χ4v) is 4.76. The number of rotatable bonds is 6. The largest absolute Gasteiger partial charge is 0.458 e. The minimum absolute atomic E-state index is 0.0352. The van der Waals surface area contributed by atoms with Crippen LogP contribution in [0.1, 0.15) is 44.8 Å². The maximum Gasteiger partial charge on any atom is 0.226 e. The summed E-state index contributed by atoms with van der Waals surface area (Å²) in [5, 5.41) is 11.7. The number of nitrogens with zero attached hydrogens (tertiary/aromatic N) is 1. The molecule has 2 unspecified atom stereocenters. The van der Waals surface area contributed by atoms with E-state index >= 15 is 0 Å². The molecule has 0 saturated carbocycles. The van der Waals surface area contributed by atoms with Gasteiger partial charge in [0, 0.05) is 30.8 Å². The van der Waals surface area contributed by atoms with E-state index in [2.05, 4.69) is 20.9 Å². The molecule has 2 saturated heterocycles. The lowest BCUT2D eigenvalue weighted by Gasteiger charge is -2.28. The van der Waals surface area contributed by atoms with Crippen molar-refractivity contribution in [2.45, 2.75) is 57.7 Å². The maximum absolute atomic E-state index is 12.4. The summed E-state index contributed by atoms with van der Waals surface area (Å²) in [4.78, 5) is 27.8. The first-order valence-corrected chi connectivity index (χ1v) is 10.3. The van der Waals surface area contributed by atoms with Crippen molar-refractivity contribution in [2.24, 2.45) is 5.92 Å². The number of anilines is 1. The van der Waals surface area contributed by atoms with Gasteiger partial charge in [-0.3, -0.25) is 9.59 Å². The van der Waals surface area contributed by atoms with Crippen molar-refractivity contribution in [1.29, 1.82) is 0 Å². The molecular weight excluding hydrogens is 364 g/mol. The molecule has 2 aliphatic heterocycles. The van der Waals surface area contributed by atoms with Crippen LogP contribution >= 0.6 is 11.3 Å². The summed E-state index contributed by atoms with van der Waals surface area (Å²) >= 11 is 1.39. The molecule has 2 atom stereocenters. The van der Waals surface area contributed by atoms with E-state index < -0.39 is 0 Å². The molecule has 2 aromatic heterocycles. The molecule has 0 aliphatic carbocycles. The molecule has 144 valence electrons. The van der Waals surface area contributed by atoms with E-state index in [-0.39, 0.29) is 11.8 Å². The Morgan fingerprint density at radius 1 is 1.30 bits per heavy atom.